The summed E-state index contributed by atoms with van der Waals surface area (Å²) in [5, 5.41) is 0. The van der Waals surface area contributed by atoms with Gasteiger partial charge in [0.25, 0.3) is 15.9 Å². The van der Waals surface area contributed by atoms with E-state index in [1.807, 2.05) is 0 Å². The third-order valence-electron chi connectivity index (χ3n) is 3.04. The van der Waals surface area contributed by atoms with Gasteiger partial charge in [-0.3, -0.25) is 9.78 Å². The van der Waals surface area contributed by atoms with Crippen molar-refractivity contribution in [3.63, 3.8) is 0 Å². The van der Waals surface area contributed by atoms with Crippen molar-refractivity contribution in [3.05, 3.63) is 59.9 Å². The number of alkyl halides is 3. The molecule has 0 fully saturated rings. The van der Waals surface area contributed by atoms with E-state index in [1.54, 1.807) is 6.07 Å². The third-order valence-corrected chi connectivity index (χ3v) is 4.80. The molecule has 1 amide bonds. The van der Waals surface area contributed by atoms with Crippen LogP contribution in [0.3, 0.4) is 0 Å². The molecule has 1 aromatic heterocycles. The predicted octanol–water partition coefficient (Wildman–Crippen LogP) is 2.56. The molecule has 0 bridgehead atoms. The lowest BCUT2D eigenvalue weighted by atomic mass is 10.2. The number of halogens is 3. The minimum atomic E-state index is -4.89. The van der Waals surface area contributed by atoms with Crippen LogP contribution in [0.2, 0.25) is 0 Å². The van der Waals surface area contributed by atoms with E-state index in [0.717, 1.165) is 13.2 Å². The van der Waals surface area contributed by atoms with Gasteiger partial charge in [0.05, 0.1) is 5.56 Å². The van der Waals surface area contributed by atoms with E-state index in [9.17, 15) is 26.4 Å². The van der Waals surface area contributed by atoms with Gasteiger partial charge in [0, 0.05) is 25.0 Å². The molecule has 1 aromatic carbocycles. The summed E-state index contributed by atoms with van der Waals surface area (Å²) in [7, 11) is -3.80. The molecule has 0 aliphatic heterocycles. The first kappa shape index (κ1) is 16.9. The van der Waals surface area contributed by atoms with Gasteiger partial charge < -0.3 is 0 Å². The molecule has 9 heteroatoms. The van der Waals surface area contributed by atoms with Crippen LogP contribution in [-0.4, -0.2) is 30.7 Å². The van der Waals surface area contributed by atoms with Crippen LogP contribution in [0, 0.1) is 0 Å². The monoisotopic (exact) mass is 344 g/mol. The second-order valence-corrected chi connectivity index (χ2v) is 6.45. The normalized spacial score (nSPS) is 12.0. The number of sulfonamides is 1. The standard InChI is InChI=1S/C14H11F3N2O3S/c1-19(13(20)10-5-3-2-4-6-10)23(21,22)12-9-18-8-7-11(12)14(15,16)17/h2-9H,1H3. The van der Waals surface area contributed by atoms with Crippen molar-refractivity contribution in [2.24, 2.45) is 0 Å². The molecular weight excluding hydrogens is 333 g/mol. The fourth-order valence-corrected chi connectivity index (χ4v) is 3.11. The van der Waals surface area contributed by atoms with Crippen molar-refractivity contribution < 1.29 is 26.4 Å². The van der Waals surface area contributed by atoms with Gasteiger partial charge in [-0.2, -0.15) is 13.2 Å². The highest BCUT2D eigenvalue weighted by atomic mass is 32.2. The number of nitrogens with zero attached hydrogens (tertiary/aromatic N) is 2. The van der Waals surface area contributed by atoms with Gasteiger partial charge in [-0.25, -0.2) is 12.7 Å². The highest BCUT2D eigenvalue weighted by Crippen LogP contribution is 2.34. The Morgan fingerprint density at radius 2 is 1.74 bits per heavy atom. The van der Waals surface area contributed by atoms with Crippen molar-refractivity contribution in [2.75, 3.05) is 7.05 Å². The van der Waals surface area contributed by atoms with Gasteiger partial charge in [-0.15, -0.1) is 0 Å². The number of aromatic nitrogens is 1. The summed E-state index contributed by atoms with van der Waals surface area (Å²) >= 11 is 0. The summed E-state index contributed by atoms with van der Waals surface area (Å²) in [4.78, 5) is 14.5. The van der Waals surface area contributed by atoms with Crippen molar-refractivity contribution in [1.29, 1.82) is 0 Å². The van der Waals surface area contributed by atoms with Crippen LogP contribution in [0.15, 0.2) is 53.7 Å². The largest absolute Gasteiger partial charge is 0.417 e. The first-order chi connectivity index (χ1) is 10.7. The second kappa shape index (κ2) is 5.99. The maximum absolute atomic E-state index is 13.0. The number of pyridine rings is 1. The van der Waals surface area contributed by atoms with Crippen molar-refractivity contribution in [3.8, 4) is 0 Å². The number of rotatable bonds is 3. The molecule has 0 aliphatic rings. The molecule has 122 valence electrons. The average molecular weight is 344 g/mol. The summed E-state index contributed by atoms with van der Waals surface area (Å²) < 4.78 is 63.9. The number of hydrogen-bond acceptors (Lipinski definition) is 4. The predicted molar refractivity (Wildman–Crippen MR) is 75.0 cm³/mol. The average Bonchev–Trinajstić information content (AvgIpc) is 2.53. The molecule has 2 aromatic rings. The van der Waals surface area contributed by atoms with Crippen molar-refractivity contribution in [1.82, 2.24) is 9.29 Å². The number of hydrogen-bond donors (Lipinski definition) is 0. The van der Waals surface area contributed by atoms with Gasteiger partial charge in [0.1, 0.15) is 4.90 Å². The zero-order chi connectivity index (χ0) is 17.3. The van der Waals surface area contributed by atoms with Gasteiger partial charge in [-0.1, -0.05) is 18.2 Å². The summed E-state index contributed by atoms with van der Waals surface area (Å²) in [5.41, 5.74) is -1.34. The van der Waals surface area contributed by atoms with Crippen LogP contribution in [0.25, 0.3) is 0 Å². The molecule has 0 atom stereocenters. The molecule has 0 saturated carbocycles. The molecule has 1 heterocycles. The lowest BCUT2D eigenvalue weighted by molar-refractivity contribution is -0.140. The highest BCUT2D eigenvalue weighted by molar-refractivity contribution is 7.89. The third kappa shape index (κ3) is 3.34. The van der Waals surface area contributed by atoms with Crippen LogP contribution >= 0.6 is 0 Å². The van der Waals surface area contributed by atoms with Crippen molar-refractivity contribution in [2.45, 2.75) is 11.1 Å². The zero-order valence-electron chi connectivity index (χ0n) is 11.8. The van der Waals surface area contributed by atoms with Crippen LogP contribution in [0.4, 0.5) is 13.2 Å². The summed E-state index contributed by atoms with van der Waals surface area (Å²) in [6, 6.07) is 7.92. The number of benzene rings is 1. The minimum absolute atomic E-state index is 0.0380. The molecule has 0 unspecified atom stereocenters. The topological polar surface area (TPSA) is 67.3 Å². The first-order valence-electron chi connectivity index (χ1n) is 6.25. The molecule has 0 spiro atoms. The fourth-order valence-electron chi connectivity index (χ4n) is 1.84. The van der Waals surface area contributed by atoms with E-state index in [4.69, 9.17) is 0 Å². The Labute approximate surface area is 130 Å². The molecule has 5 nitrogen and oxygen atoms in total. The quantitative estimate of drug-likeness (QED) is 0.858. The number of amides is 1. The van der Waals surface area contributed by atoms with Crippen molar-refractivity contribution >= 4 is 15.9 Å². The Bertz CT molecular complexity index is 821. The zero-order valence-corrected chi connectivity index (χ0v) is 12.6. The number of carbonyl (C=O) groups excluding carboxylic acids is 1. The SMILES string of the molecule is CN(C(=O)c1ccccc1)S(=O)(=O)c1cnccc1C(F)(F)F. The molecule has 0 saturated heterocycles. The van der Waals surface area contributed by atoms with Crippen LogP contribution in [-0.2, 0) is 16.2 Å². The molecule has 0 radical (unpaired) electrons. The number of carbonyl (C=O) groups is 1. The maximum Gasteiger partial charge on any atom is 0.417 e. The van der Waals surface area contributed by atoms with E-state index >= 15 is 0 Å². The van der Waals surface area contributed by atoms with Gasteiger partial charge in [0.15, 0.2) is 0 Å². The molecule has 2 rings (SSSR count). The lowest BCUT2D eigenvalue weighted by Gasteiger charge is -2.20. The Hall–Kier alpha value is -2.42. The van der Waals surface area contributed by atoms with E-state index in [-0.39, 0.29) is 9.87 Å². The summed E-state index contributed by atoms with van der Waals surface area (Å²) in [6.07, 6.45) is -3.48. The van der Waals surface area contributed by atoms with Crippen LogP contribution in [0.5, 0.6) is 0 Å². The van der Waals surface area contributed by atoms with E-state index in [0.29, 0.717) is 12.3 Å². The first-order valence-corrected chi connectivity index (χ1v) is 7.69. The van der Waals surface area contributed by atoms with E-state index in [1.165, 1.54) is 24.3 Å². The molecule has 0 N–H and O–H groups in total. The minimum Gasteiger partial charge on any atom is -0.268 e. The van der Waals surface area contributed by atoms with Gasteiger partial charge >= 0.3 is 6.18 Å². The summed E-state index contributed by atoms with van der Waals surface area (Å²) in [5.74, 6) is -0.942. The molecular formula is C14H11F3N2O3S. The Kier molecular flexibility index (Phi) is 4.42. The highest BCUT2D eigenvalue weighted by Gasteiger charge is 2.39. The smallest absolute Gasteiger partial charge is 0.268 e. The lowest BCUT2D eigenvalue weighted by Crippen LogP contribution is -2.34. The maximum atomic E-state index is 13.0. The van der Waals surface area contributed by atoms with E-state index < -0.39 is 32.6 Å². The van der Waals surface area contributed by atoms with Gasteiger partial charge in [-0.05, 0) is 18.2 Å². The van der Waals surface area contributed by atoms with Gasteiger partial charge in [0.2, 0.25) is 0 Å². The Balaban J connectivity index is 2.49. The summed E-state index contributed by atoms with van der Waals surface area (Å²) in [6.45, 7) is 0. The molecule has 23 heavy (non-hydrogen) atoms. The fraction of sp³-hybridized carbons (Fsp3) is 0.143. The van der Waals surface area contributed by atoms with Crippen LogP contribution in [0.1, 0.15) is 15.9 Å². The van der Waals surface area contributed by atoms with Crippen LogP contribution < -0.4 is 0 Å². The Morgan fingerprint density at radius 3 is 2.30 bits per heavy atom. The van der Waals surface area contributed by atoms with E-state index in [2.05, 4.69) is 4.98 Å². The Morgan fingerprint density at radius 1 is 1.13 bits per heavy atom. The molecule has 0 aliphatic carbocycles. The second-order valence-electron chi connectivity index (χ2n) is 4.51.